The smallest absolute Gasteiger partial charge is 0.257 e. The SMILES string of the molecule is CCC(C)n1nc(-c2cnc(N)c(C(=O)N3CCCC3)c2)cc1[C@H]1[C@@H]2C[C@H](N3CC(F)C3)C[C@@H]21. The molecule has 0 radical (unpaired) electrons. The van der Waals surface area contributed by atoms with E-state index < -0.39 is 6.17 Å². The highest BCUT2D eigenvalue weighted by Crippen LogP contribution is 2.64. The van der Waals surface area contributed by atoms with Gasteiger partial charge < -0.3 is 10.6 Å². The quantitative estimate of drug-likeness (QED) is 0.699. The molecular weight excluding hydrogens is 431 g/mol. The summed E-state index contributed by atoms with van der Waals surface area (Å²) in [4.78, 5) is 21.6. The van der Waals surface area contributed by atoms with Crippen LogP contribution in [-0.2, 0) is 0 Å². The van der Waals surface area contributed by atoms with Gasteiger partial charge in [-0.2, -0.15) is 5.10 Å². The molecule has 2 N–H and O–H groups in total. The highest BCUT2D eigenvalue weighted by atomic mass is 19.1. The number of carbonyl (C=O) groups is 1. The van der Waals surface area contributed by atoms with Crippen molar-refractivity contribution >= 4 is 11.7 Å². The summed E-state index contributed by atoms with van der Waals surface area (Å²) in [5.41, 5.74) is 9.60. The lowest BCUT2D eigenvalue weighted by Crippen LogP contribution is -2.53. The van der Waals surface area contributed by atoms with Crippen LogP contribution in [-0.4, -0.2) is 68.9 Å². The van der Waals surface area contributed by atoms with E-state index in [4.69, 9.17) is 10.8 Å². The highest BCUT2D eigenvalue weighted by Gasteiger charge is 2.59. The van der Waals surface area contributed by atoms with E-state index in [0.29, 0.717) is 48.5 Å². The van der Waals surface area contributed by atoms with Crippen LogP contribution in [0.15, 0.2) is 18.3 Å². The van der Waals surface area contributed by atoms with Crippen molar-refractivity contribution in [1.29, 1.82) is 0 Å². The lowest BCUT2D eigenvalue weighted by Gasteiger charge is -2.40. The van der Waals surface area contributed by atoms with E-state index in [-0.39, 0.29) is 11.7 Å². The zero-order valence-corrected chi connectivity index (χ0v) is 20.2. The molecule has 5 atom stereocenters. The topological polar surface area (TPSA) is 80.3 Å². The molecule has 8 heteroatoms. The fourth-order valence-electron chi connectivity index (χ4n) is 6.50. The third kappa shape index (κ3) is 3.61. The Bertz CT molecular complexity index is 1080. The van der Waals surface area contributed by atoms with E-state index in [1.54, 1.807) is 6.20 Å². The third-order valence-electron chi connectivity index (χ3n) is 8.75. The summed E-state index contributed by atoms with van der Waals surface area (Å²) in [6, 6.07) is 4.94. The zero-order chi connectivity index (χ0) is 23.6. The second-order valence-corrected chi connectivity index (χ2v) is 10.8. The minimum Gasteiger partial charge on any atom is -0.383 e. The number of alkyl halides is 1. The number of anilines is 1. The molecule has 4 aliphatic rings. The minimum absolute atomic E-state index is 0.0322. The molecule has 7 nitrogen and oxygen atoms in total. The fourth-order valence-corrected chi connectivity index (χ4v) is 6.50. The second-order valence-electron chi connectivity index (χ2n) is 10.8. The fraction of sp³-hybridized carbons (Fsp3) is 0.654. The van der Waals surface area contributed by atoms with Crippen LogP contribution in [0.1, 0.15) is 74.0 Å². The Morgan fingerprint density at radius 2 is 1.91 bits per heavy atom. The molecule has 0 aromatic carbocycles. The van der Waals surface area contributed by atoms with Crippen molar-refractivity contribution in [3.05, 3.63) is 29.6 Å². The monoisotopic (exact) mass is 466 g/mol. The number of halogens is 1. The Morgan fingerprint density at radius 1 is 1.21 bits per heavy atom. The van der Waals surface area contributed by atoms with Gasteiger partial charge in [-0.05, 0) is 63.0 Å². The predicted octanol–water partition coefficient (Wildman–Crippen LogP) is 3.88. The third-order valence-corrected chi connectivity index (χ3v) is 8.75. The zero-order valence-electron chi connectivity index (χ0n) is 20.2. The number of fused-ring (bicyclic) bond motifs is 1. The van der Waals surface area contributed by atoms with Crippen molar-refractivity contribution in [3.63, 3.8) is 0 Å². The first-order chi connectivity index (χ1) is 16.4. The van der Waals surface area contributed by atoms with Crippen molar-refractivity contribution in [2.24, 2.45) is 11.8 Å². The van der Waals surface area contributed by atoms with Crippen LogP contribution in [0.25, 0.3) is 11.3 Å². The van der Waals surface area contributed by atoms with Crippen molar-refractivity contribution in [3.8, 4) is 11.3 Å². The summed E-state index contributed by atoms with van der Waals surface area (Å²) in [5.74, 6) is 2.13. The molecule has 1 unspecified atom stereocenters. The number of hydrogen-bond acceptors (Lipinski definition) is 5. The van der Waals surface area contributed by atoms with Crippen LogP contribution in [0.2, 0.25) is 0 Å². The van der Waals surface area contributed by atoms with Gasteiger partial charge in [0.15, 0.2) is 0 Å². The highest BCUT2D eigenvalue weighted by molar-refractivity contribution is 5.99. The van der Waals surface area contributed by atoms with Gasteiger partial charge in [0, 0.05) is 61.6 Å². The van der Waals surface area contributed by atoms with Crippen LogP contribution >= 0.6 is 0 Å². The van der Waals surface area contributed by atoms with Gasteiger partial charge in [-0.3, -0.25) is 14.4 Å². The lowest BCUT2D eigenvalue weighted by molar-refractivity contribution is 0.0247. The molecular formula is C26H35FN6O. The van der Waals surface area contributed by atoms with Gasteiger partial charge in [-0.1, -0.05) is 6.92 Å². The molecule has 2 aliphatic carbocycles. The molecule has 6 rings (SSSR count). The molecule has 182 valence electrons. The molecule has 2 aromatic rings. The van der Waals surface area contributed by atoms with Crippen molar-refractivity contribution in [1.82, 2.24) is 24.6 Å². The van der Waals surface area contributed by atoms with Crippen LogP contribution in [0.3, 0.4) is 0 Å². The second kappa shape index (κ2) is 8.33. The first kappa shape index (κ1) is 22.0. The summed E-state index contributed by atoms with van der Waals surface area (Å²) >= 11 is 0. The summed E-state index contributed by atoms with van der Waals surface area (Å²) in [6.07, 6.45) is 6.53. The number of amides is 1. The van der Waals surface area contributed by atoms with E-state index in [1.807, 2.05) is 11.0 Å². The van der Waals surface area contributed by atoms with Crippen molar-refractivity contribution in [2.75, 3.05) is 31.9 Å². The first-order valence-corrected chi connectivity index (χ1v) is 13.0. The van der Waals surface area contributed by atoms with Crippen molar-refractivity contribution < 1.29 is 9.18 Å². The molecule has 1 amide bonds. The molecule has 2 aliphatic heterocycles. The first-order valence-electron chi connectivity index (χ1n) is 13.0. The van der Waals surface area contributed by atoms with Crippen LogP contribution in [0.5, 0.6) is 0 Å². The van der Waals surface area contributed by atoms with Gasteiger partial charge in [0.1, 0.15) is 12.0 Å². The van der Waals surface area contributed by atoms with Gasteiger partial charge in [-0.25, -0.2) is 9.37 Å². The maximum Gasteiger partial charge on any atom is 0.257 e. The summed E-state index contributed by atoms with van der Waals surface area (Å²) in [7, 11) is 0. The van der Waals surface area contributed by atoms with Gasteiger partial charge in [0.2, 0.25) is 0 Å². The number of hydrogen-bond donors (Lipinski definition) is 1. The van der Waals surface area contributed by atoms with Gasteiger partial charge >= 0.3 is 0 Å². The number of rotatable bonds is 6. The van der Waals surface area contributed by atoms with E-state index in [1.165, 1.54) is 18.5 Å². The molecule has 4 fully saturated rings. The van der Waals surface area contributed by atoms with Gasteiger partial charge in [-0.15, -0.1) is 0 Å². The number of aromatic nitrogens is 3. The summed E-state index contributed by atoms with van der Waals surface area (Å²) in [6.45, 7) is 7.20. The van der Waals surface area contributed by atoms with E-state index in [0.717, 1.165) is 43.6 Å². The average Bonchev–Trinajstić information content (AvgIpc) is 3.33. The standard InChI is InChI=1S/C26H35FN6O/c1-3-15(2)33-23(24-19-9-18(10-20(19)24)32-13-17(27)14-32)11-22(30-33)16-8-21(25(28)29-12-16)26(34)31-6-4-5-7-31/h8,11-12,15,17-20,24H,3-7,9-10,13-14H2,1-2H3,(H2,28,29)/t15?,18-,19+,20-,24-. The molecule has 4 heterocycles. The number of nitrogens with two attached hydrogens (primary N) is 1. The van der Waals surface area contributed by atoms with E-state index in [2.05, 4.69) is 34.5 Å². The summed E-state index contributed by atoms with van der Waals surface area (Å²) < 4.78 is 15.5. The molecule has 34 heavy (non-hydrogen) atoms. The maximum atomic E-state index is 13.3. The van der Waals surface area contributed by atoms with Gasteiger partial charge in [0.25, 0.3) is 5.91 Å². The molecule has 0 bridgehead atoms. The Labute approximate surface area is 200 Å². The minimum atomic E-state index is -0.627. The number of likely N-dealkylation sites (tertiary alicyclic amines) is 2. The Balaban J connectivity index is 1.26. The number of nitrogen functional groups attached to an aromatic ring is 1. The largest absolute Gasteiger partial charge is 0.383 e. The molecule has 0 spiro atoms. The number of carbonyl (C=O) groups excluding carboxylic acids is 1. The molecule has 2 saturated heterocycles. The van der Waals surface area contributed by atoms with E-state index >= 15 is 0 Å². The maximum absolute atomic E-state index is 13.3. The molecule has 2 aromatic heterocycles. The normalized spacial score (nSPS) is 29.8. The predicted molar refractivity (Wildman–Crippen MR) is 129 cm³/mol. The van der Waals surface area contributed by atoms with Crippen molar-refractivity contribution in [2.45, 2.75) is 70.1 Å². The Morgan fingerprint density at radius 3 is 2.56 bits per heavy atom. The number of pyridine rings is 1. The Kier molecular flexibility index (Phi) is 5.39. The van der Waals surface area contributed by atoms with E-state index in [9.17, 15) is 9.18 Å². The van der Waals surface area contributed by atoms with Gasteiger partial charge in [0.05, 0.1) is 11.3 Å². The number of nitrogens with zero attached hydrogens (tertiary/aromatic N) is 5. The van der Waals surface area contributed by atoms with Crippen LogP contribution < -0.4 is 5.73 Å². The molecule has 2 saturated carbocycles. The van der Waals surface area contributed by atoms with Crippen LogP contribution in [0, 0.1) is 11.8 Å². The summed E-state index contributed by atoms with van der Waals surface area (Å²) in [5, 5.41) is 5.01. The Hall–Kier alpha value is -2.48. The average molecular weight is 467 g/mol. The van der Waals surface area contributed by atoms with Crippen LogP contribution in [0.4, 0.5) is 10.2 Å². The lowest BCUT2D eigenvalue weighted by atomic mass is 9.99.